The summed E-state index contributed by atoms with van der Waals surface area (Å²) < 4.78 is 9.92. The Balaban J connectivity index is 1.35. The molecule has 2 aliphatic rings. The topological polar surface area (TPSA) is 82.7 Å². The largest absolute Gasteiger partial charge is 0.373 e. The summed E-state index contributed by atoms with van der Waals surface area (Å²) in [4.78, 5) is 13.4. The molecule has 1 N–H and O–H groups in total. The van der Waals surface area contributed by atoms with E-state index in [1.165, 1.54) is 12.8 Å². The number of ether oxygens (including phenoxy) is 1. The SMILES string of the molecule is Cn1cc([C@@H]2OCC[C@H]2CNc2ncnc3c2ncn3C2CC2)cn1. The molecular formula is C17H21N7O. The lowest BCUT2D eigenvalue weighted by atomic mass is 9.97. The molecule has 0 radical (unpaired) electrons. The van der Waals surface area contributed by atoms with Gasteiger partial charge in [0.25, 0.3) is 0 Å². The molecule has 3 aromatic rings. The molecule has 2 fully saturated rings. The van der Waals surface area contributed by atoms with Gasteiger partial charge in [-0.2, -0.15) is 5.10 Å². The Labute approximate surface area is 145 Å². The van der Waals surface area contributed by atoms with Crippen LogP contribution in [0, 0.1) is 5.92 Å². The van der Waals surface area contributed by atoms with Crippen LogP contribution in [0.2, 0.25) is 0 Å². The fourth-order valence-corrected chi connectivity index (χ4v) is 3.63. The molecule has 1 aliphatic heterocycles. The lowest BCUT2D eigenvalue weighted by Crippen LogP contribution is -2.18. The highest BCUT2D eigenvalue weighted by Crippen LogP contribution is 2.37. The maximum absolute atomic E-state index is 5.94. The van der Waals surface area contributed by atoms with Crippen molar-refractivity contribution in [1.82, 2.24) is 29.3 Å². The van der Waals surface area contributed by atoms with Crippen LogP contribution in [-0.4, -0.2) is 42.5 Å². The van der Waals surface area contributed by atoms with E-state index in [1.807, 2.05) is 30.5 Å². The highest BCUT2D eigenvalue weighted by molar-refractivity contribution is 5.82. The van der Waals surface area contributed by atoms with Gasteiger partial charge in [-0.05, 0) is 19.3 Å². The van der Waals surface area contributed by atoms with Gasteiger partial charge in [-0.25, -0.2) is 15.0 Å². The van der Waals surface area contributed by atoms with Crippen LogP contribution in [0.1, 0.15) is 37.0 Å². The molecule has 0 aromatic carbocycles. The van der Waals surface area contributed by atoms with E-state index in [4.69, 9.17) is 4.74 Å². The normalized spacial score (nSPS) is 23.4. The van der Waals surface area contributed by atoms with Crippen molar-refractivity contribution >= 4 is 17.0 Å². The molecule has 5 rings (SSSR count). The van der Waals surface area contributed by atoms with Crippen LogP contribution < -0.4 is 5.32 Å². The maximum atomic E-state index is 5.94. The van der Waals surface area contributed by atoms with Crippen molar-refractivity contribution in [3.8, 4) is 0 Å². The highest BCUT2D eigenvalue weighted by Gasteiger charge is 2.31. The molecule has 2 atom stereocenters. The van der Waals surface area contributed by atoms with E-state index in [9.17, 15) is 0 Å². The van der Waals surface area contributed by atoms with Gasteiger partial charge in [0.05, 0.1) is 18.6 Å². The van der Waals surface area contributed by atoms with Crippen LogP contribution in [0.15, 0.2) is 25.0 Å². The average molecular weight is 339 g/mol. The average Bonchev–Trinajstić information content (AvgIpc) is 3.03. The third-order valence-corrected chi connectivity index (χ3v) is 5.10. The molecule has 0 spiro atoms. The summed E-state index contributed by atoms with van der Waals surface area (Å²) in [5.74, 6) is 1.20. The minimum Gasteiger partial charge on any atom is -0.373 e. The summed E-state index contributed by atoms with van der Waals surface area (Å²) in [5.41, 5.74) is 2.91. The lowest BCUT2D eigenvalue weighted by Gasteiger charge is -2.18. The Morgan fingerprint density at radius 3 is 2.96 bits per heavy atom. The molecular weight excluding hydrogens is 318 g/mol. The van der Waals surface area contributed by atoms with Gasteiger partial charge in [0.2, 0.25) is 0 Å². The minimum absolute atomic E-state index is 0.0857. The number of rotatable bonds is 5. The second-order valence-electron chi connectivity index (χ2n) is 6.95. The van der Waals surface area contributed by atoms with Gasteiger partial charge < -0.3 is 14.6 Å². The number of nitrogens with one attached hydrogen (secondary N) is 1. The van der Waals surface area contributed by atoms with Crippen molar-refractivity contribution in [2.75, 3.05) is 18.5 Å². The van der Waals surface area contributed by atoms with E-state index in [0.29, 0.717) is 12.0 Å². The summed E-state index contributed by atoms with van der Waals surface area (Å²) in [7, 11) is 1.93. The number of aromatic nitrogens is 6. The summed E-state index contributed by atoms with van der Waals surface area (Å²) in [6.45, 7) is 1.57. The van der Waals surface area contributed by atoms with Crippen molar-refractivity contribution in [2.45, 2.75) is 31.4 Å². The van der Waals surface area contributed by atoms with Crippen LogP contribution >= 0.6 is 0 Å². The van der Waals surface area contributed by atoms with E-state index in [0.717, 1.165) is 42.1 Å². The zero-order valence-electron chi connectivity index (χ0n) is 14.2. The highest BCUT2D eigenvalue weighted by atomic mass is 16.5. The van der Waals surface area contributed by atoms with Gasteiger partial charge in [0, 0.05) is 43.9 Å². The van der Waals surface area contributed by atoms with Crippen LogP contribution in [-0.2, 0) is 11.8 Å². The molecule has 25 heavy (non-hydrogen) atoms. The molecule has 1 aliphatic carbocycles. The second-order valence-corrected chi connectivity index (χ2v) is 6.95. The fraction of sp³-hybridized carbons (Fsp3) is 0.529. The lowest BCUT2D eigenvalue weighted by molar-refractivity contribution is 0.0932. The Morgan fingerprint density at radius 2 is 2.16 bits per heavy atom. The summed E-state index contributed by atoms with van der Waals surface area (Å²) in [6.07, 6.45) is 11.0. The third kappa shape index (κ3) is 2.66. The summed E-state index contributed by atoms with van der Waals surface area (Å²) in [6, 6.07) is 0.561. The first-order valence-electron chi connectivity index (χ1n) is 8.81. The zero-order valence-corrected chi connectivity index (χ0v) is 14.2. The molecule has 8 nitrogen and oxygen atoms in total. The van der Waals surface area contributed by atoms with Crippen molar-refractivity contribution < 1.29 is 4.74 Å². The number of hydrogen-bond donors (Lipinski definition) is 1. The van der Waals surface area contributed by atoms with Gasteiger partial charge in [-0.1, -0.05) is 0 Å². The first-order valence-corrected chi connectivity index (χ1v) is 8.81. The van der Waals surface area contributed by atoms with E-state index >= 15 is 0 Å². The smallest absolute Gasteiger partial charge is 0.165 e. The quantitative estimate of drug-likeness (QED) is 0.766. The number of imidazole rings is 1. The maximum Gasteiger partial charge on any atom is 0.165 e. The van der Waals surface area contributed by atoms with Gasteiger partial charge >= 0.3 is 0 Å². The van der Waals surface area contributed by atoms with E-state index < -0.39 is 0 Å². The standard InChI is InChI=1S/C17H21N7O/c1-23-8-12(7-22-23)15-11(4-5-25-15)6-18-16-14-17(20-9-19-16)24(10-21-14)13-2-3-13/h7-11,13,15H,2-6H2,1H3,(H,18,19,20)/t11-,15+/m0/s1. The fourth-order valence-electron chi connectivity index (χ4n) is 3.63. The molecule has 8 heteroatoms. The minimum atomic E-state index is 0.0857. The van der Waals surface area contributed by atoms with Gasteiger partial charge in [0.1, 0.15) is 11.8 Å². The third-order valence-electron chi connectivity index (χ3n) is 5.10. The van der Waals surface area contributed by atoms with Crippen molar-refractivity contribution in [2.24, 2.45) is 13.0 Å². The monoisotopic (exact) mass is 339 g/mol. The number of aryl methyl sites for hydroxylation is 1. The van der Waals surface area contributed by atoms with E-state index in [1.54, 1.807) is 6.33 Å². The van der Waals surface area contributed by atoms with Gasteiger partial charge in [-0.15, -0.1) is 0 Å². The molecule has 3 aromatic heterocycles. The van der Waals surface area contributed by atoms with Crippen molar-refractivity contribution in [3.05, 3.63) is 30.6 Å². The first kappa shape index (κ1) is 14.8. The second kappa shape index (κ2) is 5.80. The van der Waals surface area contributed by atoms with Crippen LogP contribution in [0.4, 0.5) is 5.82 Å². The molecule has 0 amide bonds. The van der Waals surface area contributed by atoms with Gasteiger partial charge in [-0.3, -0.25) is 4.68 Å². The van der Waals surface area contributed by atoms with Crippen molar-refractivity contribution in [1.29, 1.82) is 0 Å². The Kier molecular flexibility index (Phi) is 3.44. The molecule has 130 valence electrons. The molecule has 1 saturated heterocycles. The predicted octanol–water partition coefficient (Wildman–Crippen LogP) is 2.08. The Bertz CT molecular complexity index is 897. The van der Waals surface area contributed by atoms with Crippen molar-refractivity contribution in [3.63, 3.8) is 0 Å². The first-order chi connectivity index (χ1) is 12.3. The van der Waals surface area contributed by atoms with Crippen LogP contribution in [0.5, 0.6) is 0 Å². The molecule has 0 unspecified atom stereocenters. The summed E-state index contributed by atoms with van der Waals surface area (Å²) >= 11 is 0. The number of fused-ring (bicyclic) bond motifs is 1. The Hall–Kier alpha value is -2.48. The van der Waals surface area contributed by atoms with Crippen LogP contribution in [0.3, 0.4) is 0 Å². The number of anilines is 1. The zero-order chi connectivity index (χ0) is 16.8. The predicted molar refractivity (Wildman–Crippen MR) is 92.1 cm³/mol. The molecule has 1 saturated carbocycles. The molecule has 0 bridgehead atoms. The van der Waals surface area contributed by atoms with Gasteiger partial charge in [0.15, 0.2) is 11.5 Å². The molecule has 4 heterocycles. The van der Waals surface area contributed by atoms with E-state index in [-0.39, 0.29) is 6.10 Å². The number of hydrogen-bond acceptors (Lipinski definition) is 6. The van der Waals surface area contributed by atoms with Crippen LogP contribution in [0.25, 0.3) is 11.2 Å². The summed E-state index contributed by atoms with van der Waals surface area (Å²) in [5, 5.41) is 7.74. The van der Waals surface area contributed by atoms with E-state index in [2.05, 4.69) is 29.9 Å². The Morgan fingerprint density at radius 1 is 1.24 bits per heavy atom. The number of nitrogens with zero attached hydrogens (tertiary/aromatic N) is 6.